The number of halogens is 1. The van der Waals surface area contributed by atoms with Crippen molar-refractivity contribution in [2.24, 2.45) is 17.3 Å². The summed E-state index contributed by atoms with van der Waals surface area (Å²) < 4.78 is 0. The van der Waals surface area contributed by atoms with Gasteiger partial charge in [-0.15, -0.1) is 0 Å². The molecule has 1 fully saturated rings. The number of hydrogen-bond donors (Lipinski definition) is 1. The molecule has 1 atom stereocenters. The molecule has 1 unspecified atom stereocenters. The smallest absolute Gasteiger partial charge is 0.223 e. The lowest BCUT2D eigenvalue weighted by molar-refractivity contribution is -0.126. The van der Waals surface area contributed by atoms with Gasteiger partial charge < -0.3 is 5.32 Å². The molecule has 0 aromatic heterocycles. The Bertz CT molecular complexity index is 262. The summed E-state index contributed by atoms with van der Waals surface area (Å²) in [6.45, 7) is 9.85. The van der Waals surface area contributed by atoms with Crippen molar-refractivity contribution in [1.82, 2.24) is 5.32 Å². The Labute approximate surface area is 120 Å². The number of alkyl halides is 1. The Balaban J connectivity index is 2.28. The number of rotatable bonds is 4. The minimum atomic E-state index is 0.259. The van der Waals surface area contributed by atoms with Crippen LogP contribution in [0.1, 0.15) is 59.8 Å². The zero-order valence-electron chi connectivity index (χ0n) is 12.3. The van der Waals surface area contributed by atoms with Gasteiger partial charge in [0.05, 0.1) is 0 Å². The average Bonchev–Trinajstić information content (AvgIpc) is 2.27. The van der Waals surface area contributed by atoms with Gasteiger partial charge in [0.15, 0.2) is 0 Å². The Morgan fingerprint density at radius 1 is 1.28 bits per heavy atom. The van der Waals surface area contributed by atoms with Gasteiger partial charge in [0.25, 0.3) is 0 Å². The van der Waals surface area contributed by atoms with Crippen LogP contribution in [0.3, 0.4) is 0 Å². The molecule has 1 amide bonds. The minimum absolute atomic E-state index is 0.259. The molecule has 2 nitrogen and oxygen atoms in total. The standard InChI is InChI=1S/C15H28BrNO/c1-11(16)9-10-17-14(18)12-5-7-13(8-6-12)15(2,3)4/h11-13H,5-10H2,1-4H3,(H,17,18). The average molecular weight is 318 g/mol. The van der Waals surface area contributed by atoms with Crippen LogP contribution in [0.15, 0.2) is 0 Å². The van der Waals surface area contributed by atoms with Crippen LogP contribution in [-0.4, -0.2) is 17.3 Å². The number of carbonyl (C=O) groups is 1. The lowest BCUT2D eigenvalue weighted by Crippen LogP contribution is -2.36. The van der Waals surface area contributed by atoms with Gasteiger partial charge >= 0.3 is 0 Å². The van der Waals surface area contributed by atoms with Crippen molar-refractivity contribution in [3.63, 3.8) is 0 Å². The van der Waals surface area contributed by atoms with Crippen LogP contribution in [0, 0.1) is 17.3 Å². The molecule has 0 saturated heterocycles. The molecule has 3 heteroatoms. The molecule has 18 heavy (non-hydrogen) atoms. The molecule has 0 radical (unpaired) electrons. The van der Waals surface area contributed by atoms with Gasteiger partial charge in [-0.3, -0.25) is 4.79 Å². The molecule has 0 bridgehead atoms. The molecule has 0 spiro atoms. The SMILES string of the molecule is CC(Br)CCNC(=O)C1CCC(C(C)(C)C)CC1. The van der Waals surface area contributed by atoms with E-state index < -0.39 is 0 Å². The maximum absolute atomic E-state index is 12.0. The third-order valence-corrected chi connectivity index (χ3v) is 4.62. The molecule has 1 aliphatic rings. The van der Waals surface area contributed by atoms with Crippen molar-refractivity contribution < 1.29 is 4.79 Å². The molecule has 1 saturated carbocycles. The molecule has 106 valence electrons. The maximum Gasteiger partial charge on any atom is 0.223 e. The summed E-state index contributed by atoms with van der Waals surface area (Å²) in [6.07, 6.45) is 5.55. The highest BCUT2D eigenvalue weighted by Crippen LogP contribution is 2.39. The van der Waals surface area contributed by atoms with E-state index >= 15 is 0 Å². The summed E-state index contributed by atoms with van der Waals surface area (Å²) in [6, 6.07) is 0. The van der Waals surface area contributed by atoms with Crippen LogP contribution in [-0.2, 0) is 4.79 Å². The Kier molecular flexibility index (Phi) is 6.16. The summed E-state index contributed by atoms with van der Waals surface area (Å²) in [4.78, 5) is 12.5. The summed E-state index contributed by atoms with van der Waals surface area (Å²) in [7, 11) is 0. The molecule has 0 aromatic rings. The predicted molar refractivity (Wildman–Crippen MR) is 80.9 cm³/mol. The molecular weight excluding hydrogens is 290 g/mol. The topological polar surface area (TPSA) is 29.1 Å². The van der Waals surface area contributed by atoms with Crippen LogP contribution in [0.25, 0.3) is 0 Å². The Morgan fingerprint density at radius 3 is 2.28 bits per heavy atom. The molecule has 0 aromatic carbocycles. The molecule has 0 aliphatic heterocycles. The number of nitrogens with one attached hydrogen (secondary N) is 1. The normalized spacial score (nSPS) is 26.7. The van der Waals surface area contributed by atoms with Crippen LogP contribution >= 0.6 is 15.9 Å². The largest absolute Gasteiger partial charge is 0.356 e. The second-order valence-corrected chi connectivity index (χ2v) is 8.34. The third-order valence-electron chi connectivity index (χ3n) is 4.16. The van der Waals surface area contributed by atoms with Gasteiger partial charge in [-0.1, -0.05) is 43.6 Å². The number of hydrogen-bond acceptors (Lipinski definition) is 1. The fourth-order valence-corrected chi connectivity index (χ4v) is 2.99. The van der Waals surface area contributed by atoms with E-state index in [1.54, 1.807) is 0 Å². The summed E-state index contributed by atoms with van der Waals surface area (Å²) in [5.74, 6) is 1.31. The van der Waals surface area contributed by atoms with Gasteiger partial charge in [0.2, 0.25) is 5.91 Å². The van der Waals surface area contributed by atoms with E-state index in [0.717, 1.165) is 31.7 Å². The highest BCUT2D eigenvalue weighted by molar-refractivity contribution is 9.09. The quantitative estimate of drug-likeness (QED) is 0.776. The first kappa shape index (κ1) is 16.0. The van der Waals surface area contributed by atoms with Crippen molar-refractivity contribution in [2.45, 2.75) is 64.6 Å². The first-order valence-corrected chi connectivity index (χ1v) is 8.14. The first-order chi connectivity index (χ1) is 8.30. The summed E-state index contributed by atoms with van der Waals surface area (Å²) in [5, 5.41) is 3.07. The van der Waals surface area contributed by atoms with Crippen molar-refractivity contribution >= 4 is 21.8 Å². The molecule has 1 rings (SSSR count). The fourth-order valence-electron chi connectivity index (χ4n) is 2.76. The molecule has 1 aliphatic carbocycles. The van der Waals surface area contributed by atoms with Crippen molar-refractivity contribution in [1.29, 1.82) is 0 Å². The van der Waals surface area contributed by atoms with E-state index in [1.807, 2.05) is 0 Å². The highest BCUT2D eigenvalue weighted by atomic mass is 79.9. The van der Waals surface area contributed by atoms with Crippen LogP contribution < -0.4 is 5.32 Å². The van der Waals surface area contributed by atoms with E-state index in [0.29, 0.717) is 10.2 Å². The van der Waals surface area contributed by atoms with E-state index in [2.05, 4.69) is 48.9 Å². The zero-order valence-corrected chi connectivity index (χ0v) is 13.8. The van der Waals surface area contributed by atoms with E-state index in [9.17, 15) is 4.79 Å². The molecule has 1 N–H and O–H groups in total. The monoisotopic (exact) mass is 317 g/mol. The third kappa shape index (κ3) is 5.29. The maximum atomic E-state index is 12.0. The van der Waals surface area contributed by atoms with E-state index in [-0.39, 0.29) is 11.8 Å². The molecule has 0 heterocycles. The fraction of sp³-hybridized carbons (Fsp3) is 0.933. The van der Waals surface area contributed by atoms with Crippen LogP contribution in [0.2, 0.25) is 0 Å². The van der Waals surface area contributed by atoms with Gasteiger partial charge in [0, 0.05) is 17.3 Å². The van der Waals surface area contributed by atoms with Crippen molar-refractivity contribution in [3.05, 3.63) is 0 Å². The number of amides is 1. The van der Waals surface area contributed by atoms with Crippen LogP contribution in [0.4, 0.5) is 0 Å². The Morgan fingerprint density at radius 2 is 1.83 bits per heavy atom. The summed E-state index contributed by atoms with van der Waals surface area (Å²) in [5.41, 5.74) is 0.396. The van der Waals surface area contributed by atoms with Crippen molar-refractivity contribution in [2.75, 3.05) is 6.54 Å². The highest BCUT2D eigenvalue weighted by Gasteiger charge is 2.32. The van der Waals surface area contributed by atoms with Crippen molar-refractivity contribution in [3.8, 4) is 0 Å². The minimum Gasteiger partial charge on any atom is -0.356 e. The Hall–Kier alpha value is -0.0500. The van der Waals surface area contributed by atoms with Gasteiger partial charge in [-0.25, -0.2) is 0 Å². The second kappa shape index (κ2) is 6.93. The van der Waals surface area contributed by atoms with E-state index in [1.165, 1.54) is 12.8 Å². The van der Waals surface area contributed by atoms with Crippen LogP contribution in [0.5, 0.6) is 0 Å². The first-order valence-electron chi connectivity index (χ1n) is 7.22. The zero-order chi connectivity index (χ0) is 13.8. The van der Waals surface area contributed by atoms with E-state index in [4.69, 9.17) is 0 Å². The second-order valence-electron chi connectivity index (χ2n) is 6.78. The molecular formula is C15H28BrNO. The lowest BCUT2D eigenvalue weighted by Gasteiger charge is -2.36. The van der Waals surface area contributed by atoms with Gasteiger partial charge in [-0.05, 0) is 43.4 Å². The number of carbonyl (C=O) groups excluding carboxylic acids is 1. The lowest BCUT2D eigenvalue weighted by atomic mass is 9.69. The van der Waals surface area contributed by atoms with Gasteiger partial charge in [0.1, 0.15) is 0 Å². The summed E-state index contributed by atoms with van der Waals surface area (Å²) >= 11 is 3.50. The predicted octanol–water partition coefficient (Wildman–Crippen LogP) is 4.13. The van der Waals surface area contributed by atoms with Gasteiger partial charge in [-0.2, -0.15) is 0 Å².